The van der Waals surface area contributed by atoms with Crippen molar-refractivity contribution in [3.05, 3.63) is 89.2 Å². The van der Waals surface area contributed by atoms with Gasteiger partial charge in [-0.1, -0.05) is 45.5 Å². The molecule has 196 valence electrons. The van der Waals surface area contributed by atoms with Crippen molar-refractivity contribution >= 4 is 50.2 Å². The van der Waals surface area contributed by atoms with E-state index in [2.05, 4.69) is 20.9 Å². The first-order chi connectivity index (χ1) is 18.3. The van der Waals surface area contributed by atoms with Gasteiger partial charge in [0, 0.05) is 34.2 Å². The van der Waals surface area contributed by atoms with Gasteiger partial charge in [0.05, 0.1) is 42.7 Å². The summed E-state index contributed by atoms with van der Waals surface area (Å²) in [5.41, 5.74) is 3.19. The van der Waals surface area contributed by atoms with Crippen molar-refractivity contribution in [3.8, 4) is 11.5 Å². The molecule has 0 radical (unpaired) electrons. The van der Waals surface area contributed by atoms with E-state index in [-0.39, 0.29) is 12.2 Å². The number of aryl methyl sites for hydroxylation is 1. The minimum atomic E-state index is -0.783. The number of fused-ring (bicyclic) bond motifs is 2. The van der Waals surface area contributed by atoms with Gasteiger partial charge in [0.1, 0.15) is 0 Å². The molecular formula is C28H26BrN3O5S. The molecule has 0 unspecified atom stereocenters. The largest absolute Gasteiger partial charge is 0.493 e. The third-order valence-corrected chi connectivity index (χ3v) is 8.20. The highest BCUT2D eigenvalue weighted by Crippen LogP contribution is 2.40. The Morgan fingerprint density at radius 3 is 2.61 bits per heavy atom. The van der Waals surface area contributed by atoms with Crippen LogP contribution >= 0.6 is 27.3 Å². The highest BCUT2D eigenvalue weighted by atomic mass is 79.9. The average molecular weight is 597 g/mol. The standard InChI is InChI=1S/C28H26BrN3O5S/c1-6-37-27(34)24-15(2)30-28-32(25(24)18-12-21(35-4)22(36-5)13-19(18)29)26(33)23(38-28)11-16-14-31(3)20-10-8-7-9-17(16)20/h7-14,25H,6H2,1-5H3/t25-/m0/s1. The Bertz CT molecular complexity index is 1800. The first-order valence-electron chi connectivity index (χ1n) is 11.9. The van der Waals surface area contributed by atoms with Crippen LogP contribution in [0.5, 0.6) is 11.5 Å². The lowest BCUT2D eigenvalue weighted by Gasteiger charge is -2.26. The number of nitrogens with zero attached hydrogens (tertiary/aromatic N) is 3. The molecule has 0 saturated carbocycles. The fourth-order valence-corrected chi connectivity index (χ4v) is 6.37. The molecule has 0 saturated heterocycles. The molecule has 1 aliphatic rings. The van der Waals surface area contributed by atoms with Crippen LogP contribution in [-0.4, -0.2) is 35.9 Å². The molecular weight excluding hydrogens is 570 g/mol. The number of methoxy groups -OCH3 is 2. The Hall–Kier alpha value is -3.63. The molecule has 0 aliphatic carbocycles. The number of rotatable bonds is 6. The van der Waals surface area contributed by atoms with Gasteiger partial charge in [-0.25, -0.2) is 9.79 Å². The van der Waals surface area contributed by atoms with Gasteiger partial charge in [-0.3, -0.25) is 9.36 Å². The zero-order valence-electron chi connectivity index (χ0n) is 21.6. The summed E-state index contributed by atoms with van der Waals surface area (Å²) in [7, 11) is 5.07. The van der Waals surface area contributed by atoms with Gasteiger partial charge in [0.15, 0.2) is 16.3 Å². The molecule has 3 heterocycles. The third kappa shape index (κ3) is 4.27. The summed E-state index contributed by atoms with van der Waals surface area (Å²) in [6.45, 7) is 3.70. The van der Waals surface area contributed by atoms with Gasteiger partial charge in [0.25, 0.3) is 5.56 Å². The highest BCUT2D eigenvalue weighted by Gasteiger charge is 2.35. The zero-order valence-corrected chi connectivity index (χ0v) is 24.0. The van der Waals surface area contributed by atoms with Crippen molar-refractivity contribution < 1.29 is 19.0 Å². The zero-order chi connectivity index (χ0) is 27.1. The van der Waals surface area contributed by atoms with Gasteiger partial charge in [0.2, 0.25) is 0 Å². The smallest absolute Gasteiger partial charge is 0.338 e. The van der Waals surface area contributed by atoms with Crippen LogP contribution < -0.4 is 24.4 Å². The summed E-state index contributed by atoms with van der Waals surface area (Å²) >= 11 is 4.91. The summed E-state index contributed by atoms with van der Waals surface area (Å²) in [4.78, 5) is 32.4. The molecule has 10 heteroatoms. The number of allylic oxidation sites excluding steroid dienone is 1. The van der Waals surface area contributed by atoms with Crippen molar-refractivity contribution in [2.24, 2.45) is 12.0 Å². The number of aromatic nitrogens is 2. The second-order valence-electron chi connectivity index (χ2n) is 8.74. The van der Waals surface area contributed by atoms with Crippen LogP contribution in [0.2, 0.25) is 0 Å². The van der Waals surface area contributed by atoms with Crippen LogP contribution in [-0.2, 0) is 16.6 Å². The summed E-state index contributed by atoms with van der Waals surface area (Å²) in [5, 5.41) is 1.04. The van der Waals surface area contributed by atoms with Crippen molar-refractivity contribution in [1.82, 2.24) is 9.13 Å². The number of esters is 1. The summed E-state index contributed by atoms with van der Waals surface area (Å²) < 4.78 is 21.2. The number of para-hydroxylation sites is 1. The number of halogens is 1. The molecule has 0 amide bonds. The monoisotopic (exact) mass is 595 g/mol. The van der Waals surface area contributed by atoms with E-state index in [1.165, 1.54) is 11.3 Å². The Kier molecular flexibility index (Phi) is 7.02. The Morgan fingerprint density at radius 1 is 1.18 bits per heavy atom. The molecule has 1 atom stereocenters. The van der Waals surface area contributed by atoms with Crippen LogP contribution in [0.15, 0.2) is 68.1 Å². The Balaban J connectivity index is 1.79. The van der Waals surface area contributed by atoms with E-state index >= 15 is 0 Å². The maximum absolute atomic E-state index is 14.0. The molecule has 2 aromatic carbocycles. The molecule has 4 aromatic rings. The first-order valence-corrected chi connectivity index (χ1v) is 13.5. The molecule has 0 spiro atoms. The van der Waals surface area contributed by atoms with E-state index in [4.69, 9.17) is 14.2 Å². The molecule has 1 aliphatic heterocycles. The predicted octanol–water partition coefficient (Wildman–Crippen LogP) is 4.07. The van der Waals surface area contributed by atoms with Crippen LogP contribution in [0.25, 0.3) is 17.0 Å². The van der Waals surface area contributed by atoms with Crippen LogP contribution in [0, 0.1) is 0 Å². The maximum atomic E-state index is 14.0. The molecule has 0 N–H and O–H groups in total. The molecule has 2 aromatic heterocycles. The second kappa shape index (κ2) is 10.3. The molecule has 0 bridgehead atoms. The van der Waals surface area contributed by atoms with Crippen LogP contribution in [0.1, 0.15) is 31.0 Å². The van der Waals surface area contributed by atoms with Crippen LogP contribution in [0.4, 0.5) is 0 Å². The van der Waals surface area contributed by atoms with Crippen molar-refractivity contribution in [2.75, 3.05) is 20.8 Å². The number of hydrogen-bond donors (Lipinski definition) is 0. The second-order valence-corrected chi connectivity index (χ2v) is 10.6. The van der Waals surface area contributed by atoms with E-state index in [1.54, 1.807) is 44.8 Å². The molecule has 8 nitrogen and oxygen atoms in total. The fraction of sp³-hybridized carbons (Fsp3) is 0.250. The van der Waals surface area contributed by atoms with Crippen molar-refractivity contribution in [2.45, 2.75) is 19.9 Å². The van der Waals surface area contributed by atoms with Crippen molar-refractivity contribution in [1.29, 1.82) is 0 Å². The van der Waals surface area contributed by atoms with E-state index in [1.807, 2.05) is 48.2 Å². The molecule has 0 fully saturated rings. The maximum Gasteiger partial charge on any atom is 0.338 e. The first kappa shape index (κ1) is 26.0. The normalized spacial score (nSPS) is 15.4. The third-order valence-electron chi connectivity index (χ3n) is 6.53. The van der Waals surface area contributed by atoms with Gasteiger partial charge >= 0.3 is 5.97 Å². The van der Waals surface area contributed by atoms with E-state index in [9.17, 15) is 9.59 Å². The van der Waals surface area contributed by atoms with Gasteiger partial charge in [-0.2, -0.15) is 0 Å². The molecule has 5 rings (SSSR count). The topological polar surface area (TPSA) is 84.1 Å². The van der Waals surface area contributed by atoms with E-state index < -0.39 is 12.0 Å². The fourth-order valence-electron chi connectivity index (χ4n) is 4.79. The van der Waals surface area contributed by atoms with Crippen molar-refractivity contribution in [3.63, 3.8) is 0 Å². The number of hydrogen-bond acceptors (Lipinski definition) is 7. The lowest BCUT2D eigenvalue weighted by atomic mass is 9.95. The molecule has 38 heavy (non-hydrogen) atoms. The Labute approximate surface area is 231 Å². The minimum Gasteiger partial charge on any atom is -0.493 e. The van der Waals surface area contributed by atoms with E-state index in [0.29, 0.717) is 42.1 Å². The van der Waals surface area contributed by atoms with Gasteiger partial charge in [-0.15, -0.1) is 0 Å². The summed E-state index contributed by atoms with van der Waals surface area (Å²) in [6, 6.07) is 10.8. The lowest BCUT2D eigenvalue weighted by Crippen LogP contribution is -2.40. The lowest BCUT2D eigenvalue weighted by molar-refractivity contribution is -0.139. The summed E-state index contributed by atoms with van der Waals surface area (Å²) in [6.07, 6.45) is 3.89. The number of ether oxygens (including phenoxy) is 3. The Morgan fingerprint density at radius 2 is 1.89 bits per heavy atom. The van der Waals surface area contributed by atoms with Crippen LogP contribution in [0.3, 0.4) is 0 Å². The quantitative estimate of drug-likeness (QED) is 0.314. The summed E-state index contributed by atoms with van der Waals surface area (Å²) in [5.74, 6) is 0.468. The SMILES string of the molecule is CCOC(=O)C1=C(C)N=c2sc(=Cc3cn(C)c4ccccc34)c(=O)n2[C@H]1c1cc(OC)c(OC)cc1Br. The predicted molar refractivity (Wildman–Crippen MR) is 151 cm³/mol. The number of benzene rings is 2. The average Bonchev–Trinajstić information content (AvgIpc) is 3.38. The number of thiazole rings is 1. The number of carbonyl (C=O) groups is 1. The highest BCUT2D eigenvalue weighted by molar-refractivity contribution is 9.10. The minimum absolute atomic E-state index is 0.195. The van der Waals surface area contributed by atoms with E-state index in [0.717, 1.165) is 16.5 Å². The van der Waals surface area contributed by atoms with Gasteiger partial charge in [-0.05, 0) is 43.7 Å². The number of carbonyl (C=O) groups excluding carboxylic acids is 1. The van der Waals surface area contributed by atoms with Gasteiger partial charge < -0.3 is 18.8 Å².